The third kappa shape index (κ3) is 8.95. The summed E-state index contributed by atoms with van der Waals surface area (Å²) in [6, 6.07) is 17.7. The van der Waals surface area contributed by atoms with Crippen LogP contribution in [0, 0.1) is 18.6 Å². The highest BCUT2D eigenvalue weighted by atomic mass is 32.1. The Kier molecular flexibility index (Phi) is 10.8. The third-order valence-electron chi connectivity index (χ3n) is 5.25. The van der Waals surface area contributed by atoms with Crippen LogP contribution in [0.4, 0.5) is 8.78 Å². The van der Waals surface area contributed by atoms with Gasteiger partial charge in [-0.3, -0.25) is 4.79 Å². The molecule has 4 nitrogen and oxygen atoms in total. The van der Waals surface area contributed by atoms with E-state index in [0.717, 1.165) is 22.9 Å². The molecule has 36 heavy (non-hydrogen) atoms. The average Bonchev–Trinajstić information content (AvgIpc) is 3.54. The van der Waals surface area contributed by atoms with Crippen LogP contribution in [-0.2, 0) is 13.0 Å². The Labute approximate surface area is 218 Å². The molecule has 0 saturated heterocycles. The number of halogens is 2. The zero-order chi connectivity index (χ0) is 25.9. The average molecular weight is 529 g/mol. The number of hydrogen-bond donors (Lipinski definition) is 3. The minimum absolute atomic E-state index is 0.142. The maximum absolute atomic E-state index is 12.3. The molecule has 0 fully saturated rings. The first-order valence-electron chi connectivity index (χ1n) is 11.6. The SMILES string of the molecule is CCc1cccc(CNCC(O)CNC(=O)c2ccc(-c3ccsc3)s2)c1.Cc1cc(F)cc(F)c1. The number of thiophene rings is 2. The van der Waals surface area contributed by atoms with Gasteiger partial charge in [0.25, 0.3) is 5.91 Å². The van der Waals surface area contributed by atoms with Crippen molar-refractivity contribution in [3.63, 3.8) is 0 Å². The lowest BCUT2D eigenvalue weighted by atomic mass is 10.1. The van der Waals surface area contributed by atoms with Crippen LogP contribution in [0.3, 0.4) is 0 Å². The van der Waals surface area contributed by atoms with Crippen molar-refractivity contribution in [2.24, 2.45) is 0 Å². The summed E-state index contributed by atoms with van der Waals surface area (Å²) in [6.45, 7) is 5.14. The van der Waals surface area contributed by atoms with Gasteiger partial charge in [0, 0.05) is 36.1 Å². The van der Waals surface area contributed by atoms with Crippen LogP contribution in [0.1, 0.15) is 33.3 Å². The Bertz CT molecular complexity index is 1190. The minimum atomic E-state index is -0.625. The van der Waals surface area contributed by atoms with Crippen LogP contribution < -0.4 is 10.6 Å². The highest BCUT2D eigenvalue weighted by molar-refractivity contribution is 7.17. The van der Waals surface area contributed by atoms with Gasteiger partial charge in [-0.05, 0) is 71.1 Å². The number of nitrogens with one attached hydrogen (secondary N) is 2. The van der Waals surface area contributed by atoms with Crippen molar-refractivity contribution < 1.29 is 18.7 Å². The second-order valence-corrected chi connectivity index (χ2v) is 10.2. The van der Waals surface area contributed by atoms with Crippen molar-refractivity contribution in [3.05, 3.63) is 105 Å². The minimum Gasteiger partial charge on any atom is -0.390 e. The number of aliphatic hydroxyl groups excluding tert-OH is 1. The highest BCUT2D eigenvalue weighted by Gasteiger charge is 2.12. The van der Waals surface area contributed by atoms with Gasteiger partial charge in [0.1, 0.15) is 11.6 Å². The predicted molar refractivity (Wildman–Crippen MR) is 145 cm³/mol. The number of carbonyl (C=O) groups is 1. The summed E-state index contributed by atoms with van der Waals surface area (Å²) in [5.41, 5.74) is 4.25. The second-order valence-electron chi connectivity index (χ2n) is 8.29. The summed E-state index contributed by atoms with van der Waals surface area (Å²) in [6.07, 6.45) is 0.388. The molecule has 8 heteroatoms. The van der Waals surface area contributed by atoms with Crippen LogP contribution in [0.15, 0.2) is 71.4 Å². The first-order chi connectivity index (χ1) is 17.3. The second kappa shape index (κ2) is 14.0. The quantitative estimate of drug-likeness (QED) is 0.243. The molecule has 3 N–H and O–H groups in total. The Morgan fingerprint density at radius 3 is 2.42 bits per heavy atom. The number of amides is 1. The molecule has 0 aliphatic rings. The first-order valence-corrected chi connectivity index (χ1v) is 13.4. The highest BCUT2D eigenvalue weighted by Crippen LogP contribution is 2.29. The van der Waals surface area contributed by atoms with E-state index < -0.39 is 17.7 Å². The van der Waals surface area contributed by atoms with Gasteiger partial charge in [0.15, 0.2) is 0 Å². The molecule has 4 rings (SSSR count). The normalized spacial score (nSPS) is 11.5. The molecule has 4 aromatic rings. The largest absolute Gasteiger partial charge is 0.390 e. The van der Waals surface area contributed by atoms with E-state index in [-0.39, 0.29) is 12.5 Å². The molecule has 0 aliphatic carbocycles. The van der Waals surface area contributed by atoms with Crippen molar-refractivity contribution >= 4 is 28.6 Å². The number of benzene rings is 2. The molecule has 1 atom stereocenters. The van der Waals surface area contributed by atoms with Gasteiger partial charge in [0.05, 0.1) is 11.0 Å². The third-order valence-corrected chi connectivity index (χ3v) is 7.07. The van der Waals surface area contributed by atoms with Gasteiger partial charge < -0.3 is 15.7 Å². The summed E-state index contributed by atoms with van der Waals surface area (Å²) in [5.74, 6) is -1.18. The van der Waals surface area contributed by atoms with Crippen LogP contribution in [0.2, 0.25) is 0 Å². The molecule has 0 bridgehead atoms. The molecular weight excluding hydrogens is 498 g/mol. The summed E-state index contributed by atoms with van der Waals surface area (Å²) in [4.78, 5) is 14.0. The predicted octanol–water partition coefficient (Wildman–Crippen LogP) is 6.19. The molecule has 0 spiro atoms. The van der Waals surface area contributed by atoms with Crippen LogP contribution in [-0.4, -0.2) is 30.2 Å². The van der Waals surface area contributed by atoms with Gasteiger partial charge in [-0.25, -0.2) is 8.78 Å². The molecular formula is C28H30F2N2O2S2. The van der Waals surface area contributed by atoms with Crippen molar-refractivity contribution in [1.82, 2.24) is 10.6 Å². The van der Waals surface area contributed by atoms with E-state index in [9.17, 15) is 18.7 Å². The van der Waals surface area contributed by atoms with E-state index in [0.29, 0.717) is 23.5 Å². The fourth-order valence-corrected chi connectivity index (χ4v) is 5.07. The smallest absolute Gasteiger partial charge is 0.261 e. The zero-order valence-electron chi connectivity index (χ0n) is 20.3. The molecule has 0 aliphatic heterocycles. The van der Waals surface area contributed by atoms with E-state index in [2.05, 4.69) is 47.2 Å². The molecule has 0 saturated carbocycles. The van der Waals surface area contributed by atoms with Crippen molar-refractivity contribution in [3.8, 4) is 10.4 Å². The molecule has 1 unspecified atom stereocenters. The Morgan fingerprint density at radius 2 is 1.75 bits per heavy atom. The van der Waals surface area contributed by atoms with E-state index >= 15 is 0 Å². The summed E-state index contributed by atoms with van der Waals surface area (Å²) >= 11 is 3.11. The number of hydrogen-bond acceptors (Lipinski definition) is 5. The lowest BCUT2D eigenvalue weighted by Gasteiger charge is -2.13. The monoisotopic (exact) mass is 528 g/mol. The van der Waals surface area contributed by atoms with Gasteiger partial charge in [-0.1, -0.05) is 31.2 Å². The van der Waals surface area contributed by atoms with Gasteiger partial charge in [-0.15, -0.1) is 11.3 Å². The zero-order valence-corrected chi connectivity index (χ0v) is 21.9. The van der Waals surface area contributed by atoms with E-state index in [1.165, 1.54) is 34.6 Å². The van der Waals surface area contributed by atoms with Crippen LogP contribution in [0.25, 0.3) is 10.4 Å². The fourth-order valence-electron chi connectivity index (χ4n) is 3.42. The maximum atomic E-state index is 12.3. The Hall–Kier alpha value is -2.91. The lowest BCUT2D eigenvalue weighted by Crippen LogP contribution is -2.37. The van der Waals surface area contributed by atoms with Crippen molar-refractivity contribution in [1.29, 1.82) is 0 Å². The van der Waals surface area contributed by atoms with E-state index in [1.54, 1.807) is 18.3 Å². The summed E-state index contributed by atoms with van der Waals surface area (Å²) in [7, 11) is 0. The van der Waals surface area contributed by atoms with Crippen molar-refractivity contribution in [2.75, 3.05) is 13.1 Å². The lowest BCUT2D eigenvalue weighted by molar-refractivity contribution is 0.0919. The number of aryl methyl sites for hydroxylation is 2. The van der Waals surface area contributed by atoms with E-state index in [4.69, 9.17) is 0 Å². The van der Waals surface area contributed by atoms with Crippen LogP contribution >= 0.6 is 22.7 Å². The molecule has 0 radical (unpaired) electrons. The topological polar surface area (TPSA) is 61.4 Å². The van der Waals surface area contributed by atoms with Gasteiger partial charge >= 0.3 is 0 Å². The molecule has 2 heterocycles. The summed E-state index contributed by atoms with van der Waals surface area (Å²) < 4.78 is 24.4. The number of carbonyl (C=O) groups excluding carboxylic acids is 1. The Balaban J connectivity index is 0.000000338. The molecule has 190 valence electrons. The fraction of sp³-hybridized carbons (Fsp3) is 0.250. The standard InChI is InChI=1S/C21H24N2O2S2.C7H6F2/c1-2-15-4-3-5-16(10-15)11-22-12-18(24)13-23-21(25)20-7-6-19(27-20)17-8-9-26-14-17;1-5-2-6(8)4-7(9)3-5/h3-10,14,18,22,24H,2,11-13H2,1H3,(H,23,25);2-4H,1H3. The maximum Gasteiger partial charge on any atom is 0.261 e. The molecule has 1 amide bonds. The van der Waals surface area contributed by atoms with Crippen molar-refractivity contribution in [2.45, 2.75) is 32.9 Å². The van der Waals surface area contributed by atoms with Gasteiger partial charge in [-0.2, -0.15) is 11.3 Å². The first kappa shape index (κ1) is 27.7. The Morgan fingerprint density at radius 1 is 1.00 bits per heavy atom. The van der Waals surface area contributed by atoms with Gasteiger partial charge in [0.2, 0.25) is 0 Å². The summed E-state index contributed by atoms with van der Waals surface area (Å²) in [5, 5.41) is 20.2. The number of rotatable bonds is 9. The molecule has 2 aromatic carbocycles. The van der Waals surface area contributed by atoms with Crippen LogP contribution in [0.5, 0.6) is 0 Å². The van der Waals surface area contributed by atoms with E-state index in [1.807, 2.05) is 23.6 Å². The number of aliphatic hydroxyl groups is 1. The molecule has 2 aromatic heterocycles.